The number of carbonyl (C=O) groups excluding carboxylic acids is 1. The van der Waals surface area contributed by atoms with E-state index < -0.39 is 0 Å². The van der Waals surface area contributed by atoms with Crippen LogP contribution >= 0.6 is 12.2 Å². The summed E-state index contributed by atoms with van der Waals surface area (Å²) < 4.78 is 0. The van der Waals surface area contributed by atoms with Gasteiger partial charge in [0.25, 0.3) is 0 Å². The van der Waals surface area contributed by atoms with E-state index in [0.717, 1.165) is 11.3 Å². The second-order valence-electron chi connectivity index (χ2n) is 4.37. The molecule has 2 amide bonds. The van der Waals surface area contributed by atoms with Crippen molar-refractivity contribution in [3.05, 3.63) is 71.9 Å². The van der Waals surface area contributed by atoms with Crippen molar-refractivity contribution in [1.29, 1.82) is 0 Å². The Morgan fingerprint density at radius 1 is 0.950 bits per heavy atom. The standard InChI is InChI=1S/C16H12N2OS/c19-16-17-14(11-12-7-3-1-4-8-12)15(20)18(16)13-9-5-2-6-10-13/h1-11H,(H,17,19). The van der Waals surface area contributed by atoms with Gasteiger partial charge >= 0.3 is 6.03 Å². The molecule has 3 nitrogen and oxygen atoms in total. The van der Waals surface area contributed by atoms with E-state index in [2.05, 4.69) is 5.32 Å². The molecule has 1 aliphatic rings. The third kappa shape index (κ3) is 2.33. The molecule has 4 heteroatoms. The zero-order valence-electron chi connectivity index (χ0n) is 10.6. The Kier molecular flexibility index (Phi) is 3.31. The van der Waals surface area contributed by atoms with Gasteiger partial charge in [-0.3, -0.25) is 4.90 Å². The molecule has 2 aromatic carbocycles. The van der Waals surface area contributed by atoms with Gasteiger partial charge < -0.3 is 5.32 Å². The van der Waals surface area contributed by atoms with Crippen molar-refractivity contribution >= 4 is 35.0 Å². The minimum atomic E-state index is -0.219. The lowest BCUT2D eigenvalue weighted by molar-refractivity contribution is 0.253. The van der Waals surface area contributed by atoms with Gasteiger partial charge in [-0.05, 0) is 23.8 Å². The Hall–Kier alpha value is -2.46. The topological polar surface area (TPSA) is 32.3 Å². The molecule has 1 saturated heterocycles. The van der Waals surface area contributed by atoms with Gasteiger partial charge in [-0.2, -0.15) is 0 Å². The highest BCUT2D eigenvalue weighted by molar-refractivity contribution is 7.81. The van der Waals surface area contributed by atoms with Crippen LogP contribution in [-0.2, 0) is 0 Å². The average Bonchev–Trinajstić information content (AvgIpc) is 2.75. The van der Waals surface area contributed by atoms with Crippen LogP contribution in [0.5, 0.6) is 0 Å². The molecule has 3 rings (SSSR count). The normalized spacial score (nSPS) is 16.6. The van der Waals surface area contributed by atoms with Gasteiger partial charge in [0, 0.05) is 0 Å². The van der Waals surface area contributed by atoms with Crippen LogP contribution in [0.25, 0.3) is 6.08 Å². The molecule has 0 atom stereocenters. The predicted molar refractivity (Wildman–Crippen MR) is 84.5 cm³/mol. The quantitative estimate of drug-likeness (QED) is 0.673. The van der Waals surface area contributed by atoms with E-state index in [-0.39, 0.29) is 6.03 Å². The summed E-state index contributed by atoms with van der Waals surface area (Å²) in [6, 6.07) is 18.9. The molecule has 0 aliphatic carbocycles. The lowest BCUT2D eigenvalue weighted by Crippen LogP contribution is -2.29. The molecule has 98 valence electrons. The molecule has 20 heavy (non-hydrogen) atoms. The molecule has 1 fully saturated rings. The van der Waals surface area contributed by atoms with Crippen molar-refractivity contribution in [3.63, 3.8) is 0 Å². The molecule has 1 heterocycles. The molecular formula is C16H12N2OS. The highest BCUT2D eigenvalue weighted by Gasteiger charge is 2.31. The first kappa shape index (κ1) is 12.6. The number of nitrogens with zero attached hydrogens (tertiary/aromatic N) is 1. The van der Waals surface area contributed by atoms with Crippen molar-refractivity contribution in [2.45, 2.75) is 0 Å². The summed E-state index contributed by atoms with van der Waals surface area (Å²) in [6.45, 7) is 0. The van der Waals surface area contributed by atoms with Crippen LogP contribution in [-0.4, -0.2) is 11.0 Å². The maximum absolute atomic E-state index is 12.1. The number of carbonyl (C=O) groups is 1. The number of rotatable bonds is 2. The average molecular weight is 280 g/mol. The number of hydrogen-bond acceptors (Lipinski definition) is 2. The molecule has 2 aromatic rings. The van der Waals surface area contributed by atoms with Gasteiger partial charge in [-0.15, -0.1) is 0 Å². The van der Waals surface area contributed by atoms with E-state index >= 15 is 0 Å². The molecular weight excluding hydrogens is 268 g/mol. The van der Waals surface area contributed by atoms with Gasteiger partial charge in [-0.1, -0.05) is 60.7 Å². The second-order valence-corrected chi connectivity index (χ2v) is 4.76. The summed E-state index contributed by atoms with van der Waals surface area (Å²) in [5, 5.41) is 2.81. The third-order valence-corrected chi connectivity index (χ3v) is 3.41. The second kappa shape index (κ2) is 5.27. The van der Waals surface area contributed by atoms with E-state index in [0.29, 0.717) is 10.7 Å². The lowest BCUT2D eigenvalue weighted by atomic mass is 10.2. The number of anilines is 1. The number of para-hydroxylation sites is 1. The Morgan fingerprint density at radius 2 is 1.55 bits per heavy atom. The van der Waals surface area contributed by atoms with E-state index in [1.54, 1.807) is 0 Å². The van der Waals surface area contributed by atoms with E-state index in [1.807, 2.05) is 66.7 Å². The summed E-state index contributed by atoms with van der Waals surface area (Å²) in [7, 11) is 0. The van der Waals surface area contributed by atoms with Crippen LogP contribution in [0.1, 0.15) is 5.56 Å². The lowest BCUT2D eigenvalue weighted by Gasteiger charge is -2.13. The number of amides is 2. The van der Waals surface area contributed by atoms with E-state index in [1.165, 1.54) is 4.90 Å². The van der Waals surface area contributed by atoms with Crippen LogP contribution in [0.2, 0.25) is 0 Å². The maximum atomic E-state index is 12.1. The molecule has 1 N–H and O–H groups in total. The Balaban J connectivity index is 1.93. The first-order chi connectivity index (χ1) is 9.75. The summed E-state index contributed by atoms with van der Waals surface area (Å²) in [6.07, 6.45) is 1.88. The highest BCUT2D eigenvalue weighted by atomic mass is 32.1. The Morgan fingerprint density at radius 3 is 2.20 bits per heavy atom. The summed E-state index contributed by atoms with van der Waals surface area (Å²) in [4.78, 5) is 14.1. The number of nitrogens with one attached hydrogen (secondary N) is 1. The fourth-order valence-corrected chi connectivity index (χ4v) is 2.36. The minimum Gasteiger partial charge on any atom is -0.304 e. The van der Waals surface area contributed by atoms with Crippen molar-refractivity contribution in [2.24, 2.45) is 0 Å². The zero-order valence-corrected chi connectivity index (χ0v) is 11.4. The molecule has 0 saturated carbocycles. The van der Waals surface area contributed by atoms with Crippen LogP contribution in [0.4, 0.5) is 10.5 Å². The van der Waals surface area contributed by atoms with Gasteiger partial charge in [0.2, 0.25) is 0 Å². The van der Waals surface area contributed by atoms with E-state index in [4.69, 9.17) is 12.2 Å². The Labute approximate surface area is 122 Å². The zero-order chi connectivity index (χ0) is 13.9. The van der Waals surface area contributed by atoms with Crippen molar-refractivity contribution in [3.8, 4) is 0 Å². The summed E-state index contributed by atoms with van der Waals surface area (Å²) >= 11 is 5.39. The fraction of sp³-hybridized carbons (Fsp3) is 0. The maximum Gasteiger partial charge on any atom is 0.331 e. The first-order valence-corrected chi connectivity index (χ1v) is 6.64. The Bertz CT molecular complexity index is 680. The number of hydrogen-bond donors (Lipinski definition) is 1. The molecule has 1 aliphatic heterocycles. The largest absolute Gasteiger partial charge is 0.331 e. The van der Waals surface area contributed by atoms with Crippen LogP contribution in [0, 0.1) is 0 Å². The van der Waals surface area contributed by atoms with Crippen LogP contribution in [0.3, 0.4) is 0 Å². The van der Waals surface area contributed by atoms with Crippen LogP contribution in [0.15, 0.2) is 66.4 Å². The molecule has 0 spiro atoms. The monoisotopic (exact) mass is 280 g/mol. The van der Waals surface area contributed by atoms with Crippen molar-refractivity contribution in [2.75, 3.05) is 4.90 Å². The van der Waals surface area contributed by atoms with Gasteiger partial charge in [-0.25, -0.2) is 4.79 Å². The first-order valence-electron chi connectivity index (χ1n) is 6.23. The van der Waals surface area contributed by atoms with Gasteiger partial charge in [0.1, 0.15) is 4.99 Å². The summed E-state index contributed by atoms with van der Waals surface area (Å²) in [5.41, 5.74) is 2.42. The highest BCUT2D eigenvalue weighted by Crippen LogP contribution is 2.22. The van der Waals surface area contributed by atoms with Crippen molar-refractivity contribution in [1.82, 2.24) is 5.32 Å². The van der Waals surface area contributed by atoms with Crippen molar-refractivity contribution < 1.29 is 4.79 Å². The van der Waals surface area contributed by atoms with Gasteiger partial charge in [0.05, 0.1) is 11.4 Å². The molecule has 0 bridgehead atoms. The fourth-order valence-electron chi connectivity index (χ4n) is 2.06. The SMILES string of the molecule is O=C1NC(=Cc2ccccc2)C(=S)N1c1ccccc1. The predicted octanol–water partition coefficient (Wildman–Crippen LogP) is 3.58. The van der Waals surface area contributed by atoms with Crippen LogP contribution < -0.4 is 10.2 Å². The van der Waals surface area contributed by atoms with E-state index in [9.17, 15) is 4.79 Å². The minimum absolute atomic E-state index is 0.219. The third-order valence-electron chi connectivity index (χ3n) is 3.00. The number of urea groups is 1. The smallest absolute Gasteiger partial charge is 0.304 e. The molecule has 0 radical (unpaired) electrons. The summed E-state index contributed by atoms with van der Waals surface area (Å²) in [5.74, 6) is 0. The van der Waals surface area contributed by atoms with Gasteiger partial charge in [0.15, 0.2) is 0 Å². The molecule has 0 aromatic heterocycles. The number of benzene rings is 2. The number of thiocarbonyl (C=S) groups is 1. The molecule has 0 unspecified atom stereocenters.